The van der Waals surface area contributed by atoms with Gasteiger partial charge in [0, 0.05) is 5.69 Å². The molecule has 128 valence electrons. The first kappa shape index (κ1) is 18.3. The van der Waals surface area contributed by atoms with Gasteiger partial charge in [0.25, 0.3) is 0 Å². The van der Waals surface area contributed by atoms with Crippen LogP contribution in [0.1, 0.15) is 35.2 Å². The van der Waals surface area contributed by atoms with E-state index in [0.29, 0.717) is 10.8 Å². The fourth-order valence-electron chi connectivity index (χ4n) is 2.22. The van der Waals surface area contributed by atoms with Crippen LogP contribution in [0.2, 0.25) is 0 Å². The molecule has 0 aliphatic heterocycles. The predicted molar refractivity (Wildman–Crippen MR) is 95.1 cm³/mol. The normalized spacial score (nSPS) is 12.6. The zero-order chi connectivity index (χ0) is 17.9. The molecule has 6 heteroatoms. The summed E-state index contributed by atoms with van der Waals surface area (Å²) in [6.45, 7) is 6.07. The molecule has 0 spiro atoms. The van der Waals surface area contributed by atoms with Crippen molar-refractivity contribution in [2.24, 2.45) is 0 Å². The van der Waals surface area contributed by atoms with Gasteiger partial charge in [0.1, 0.15) is 0 Å². The molecule has 0 amide bonds. The highest BCUT2D eigenvalue weighted by Crippen LogP contribution is 2.29. The highest BCUT2D eigenvalue weighted by Gasteiger charge is 2.29. The minimum Gasteiger partial charge on any atom is -0.356 e. The Bertz CT molecular complexity index is 724. The molecular formula is C18H19F3N2S. The molecule has 2 aromatic carbocycles. The number of thiocarbonyl (C=S) groups is 1. The number of aryl methyl sites for hydroxylation is 2. The Morgan fingerprint density at radius 2 is 1.62 bits per heavy atom. The van der Waals surface area contributed by atoms with E-state index in [9.17, 15) is 13.2 Å². The van der Waals surface area contributed by atoms with E-state index in [4.69, 9.17) is 12.2 Å². The zero-order valence-electron chi connectivity index (χ0n) is 13.7. The summed E-state index contributed by atoms with van der Waals surface area (Å²) in [6, 6.07) is 10.9. The molecule has 2 rings (SSSR count). The highest BCUT2D eigenvalue weighted by molar-refractivity contribution is 7.80. The molecule has 24 heavy (non-hydrogen) atoms. The van der Waals surface area contributed by atoms with E-state index in [1.54, 1.807) is 0 Å². The van der Waals surface area contributed by atoms with Crippen LogP contribution in [0.25, 0.3) is 0 Å². The van der Waals surface area contributed by atoms with Crippen LogP contribution in [-0.2, 0) is 6.18 Å². The van der Waals surface area contributed by atoms with Gasteiger partial charge >= 0.3 is 6.18 Å². The number of halogens is 3. The van der Waals surface area contributed by atoms with Gasteiger partial charge in [-0.1, -0.05) is 18.2 Å². The van der Waals surface area contributed by atoms with E-state index in [2.05, 4.69) is 22.8 Å². The SMILES string of the molecule is Cc1ccc([C@H](C)NC(=S)Nc2ccc(C(F)(F)F)cc2)cc1C. The van der Waals surface area contributed by atoms with Gasteiger partial charge < -0.3 is 10.6 Å². The zero-order valence-corrected chi connectivity index (χ0v) is 14.5. The third-order valence-electron chi connectivity index (χ3n) is 3.85. The van der Waals surface area contributed by atoms with E-state index in [1.807, 2.05) is 26.8 Å². The highest BCUT2D eigenvalue weighted by atomic mass is 32.1. The lowest BCUT2D eigenvalue weighted by Crippen LogP contribution is -2.30. The Labute approximate surface area is 145 Å². The lowest BCUT2D eigenvalue weighted by molar-refractivity contribution is -0.137. The molecule has 0 aliphatic carbocycles. The first-order valence-electron chi connectivity index (χ1n) is 7.49. The summed E-state index contributed by atoms with van der Waals surface area (Å²) in [5, 5.41) is 6.40. The number of alkyl halides is 3. The molecule has 2 N–H and O–H groups in total. The van der Waals surface area contributed by atoms with Crippen molar-refractivity contribution in [2.45, 2.75) is 33.0 Å². The van der Waals surface area contributed by atoms with E-state index >= 15 is 0 Å². The molecule has 0 unspecified atom stereocenters. The minimum atomic E-state index is -4.34. The van der Waals surface area contributed by atoms with Gasteiger partial charge in [-0.2, -0.15) is 13.2 Å². The Hall–Kier alpha value is -2.08. The van der Waals surface area contributed by atoms with Crippen molar-refractivity contribution in [1.82, 2.24) is 5.32 Å². The molecule has 0 saturated heterocycles. The average Bonchev–Trinajstić information content (AvgIpc) is 2.49. The Kier molecular flexibility index (Phi) is 5.49. The maximum absolute atomic E-state index is 12.5. The van der Waals surface area contributed by atoms with Crippen molar-refractivity contribution >= 4 is 23.0 Å². The van der Waals surface area contributed by atoms with Crippen LogP contribution >= 0.6 is 12.2 Å². The van der Waals surface area contributed by atoms with Crippen LogP contribution in [0.3, 0.4) is 0 Å². The second-order valence-corrected chi connectivity index (χ2v) is 6.15. The van der Waals surface area contributed by atoms with E-state index in [-0.39, 0.29) is 6.04 Å². The van der Waals surface area contributed by atoms with Crippen molar-refractivity contribution in [3.8, 4) is 0 Å². The molecule has 1 atom stereocenters. The molecule has 0 saturated carbocycles. The number of hydrogen-bond donors (Lipinski definition) is 2. The van der Waals surface area contributed by atoms with Crippen molar-refractivity contribution in [3.63, 3.8) is 0 Å². The molecule has 0 radical (unpaired) electrons. The van der Waals surface area contributed by atoms with E-state index in [0.717, 1.165) is 17.7 Å². The summed E-state index contributed by atoms with van der Waals surface area (Å²) in [6.07, 6.45) is -4.34. The van der Waals surface area contributed by atoms with Gasteiger partial charge in [0.15, 0.2) is 5.11 Å². The van der Waals surface area contributed by atoms with Gasteiger partial charge in [-0.3, -0.25) is 0 Å². The van der Waals surface area contributed by atoms with Crippen LogP contribution in [0.4, 0.5) is 18.9 Å². The van der Waals surface area contributed by atoms with Gasteiger partial charge in [-0.05, 0) is 73.9 Å². The third kappa shape index (κ3) is 4.71. The maximum Gasteiger partial charge on any atom is 0.416 e. The largest absolute Gasteiger partial charge is 0.416 e. The first-order valence-corrected chi connectivity index (χ1v) is 7.89. The molecule has 0 fully saturated rings. The predicted octanol–water partition coefficient (Wildman–Crippen LogP) is 5.37. The second-order valence-electron chi connectivity index (χ2n) is 5.74. The van der Waals surface area contributed by atoms with Crippen LogP contribution < -0.4 is 10.6 Å². The fourth-order valence-corrected chi connectivity index (χ4v) is 2.52. The number of benzene rings is 2. The summed E-state index contributed by atoms with van der Waals surface area (Å²) in [5.74, 6) is 0. The summed E-state index contributed by atoms with van der Waals surface area (Å²) >= 11 is 5.23. The average molecular weight is 352 g/mol. The molecule has 0 aliphatic rings. The fraction of sp³-hybridized carbons (Fsp3) is 0.278. The van der Waals surface area contributed by atoms with Crippen LogP contribution in [0.15, 0.2) is 42.5 Å². The minimum absolute atomic E-state index is 0.0150. The van der Waals surface area contributed by atoms with Crippen molar-refractivity contribution in [2.75, 3.05) is 5.32 Å². The van der Waals surface area contributed by atoms with Gasteiger partial charge in [-0.25, -0.2) is 0 Å². The summed E-state index contributed by atoms with van der Waals surface area (Å²) < 4.78 is 37.6. The maximum atomic E-state index is 12.5. The molecule has 2 nitrogen and oxygen atoms in total. The van der Waals surface area contributed by atoms with Crippen LogP contribution in [0.5, 0.6) is 0 Å². The summed E-state index contributed by atoms with van der Waals surface area (Å²) in [5.41, 5.74) is 3.33. The van der Waals surface area contributed by atoms with Crippen molar-refractivity contribution in [3.05, 3.63) is 64.7 Å². The molecule has 0 bridgehead atoms. The van der Waals surface area contributed by atoms with E-state index < -0.39 is 11.7 Å². The third-order valence-corrected chi connectivity index (χ3v) is 4.07. The van der Waals surface area contributed by atoms with Crippen LogP contribution in [-0.4, -0.2) is 5.11 Å². The van der Waals surface area contributed by atoms with Crippen molar-refractivity contribution < 1.29 is 13.2 Å². The summed E-state index contributed by atoms with van der Waals surface area (Å²) in [7, 11) is 0. The number of anilines is 1. The van der Waals surface area contributed by atoms with Gasteiger partial charge in [0.2, 0.25) is 0 Å². The monoisotopic (exact) mass is 352 g/mol. The number of rotatable bonds is 3. The Morgan fingerprint density at radius 1 is 1.00 bits per heavy atom. The van der Waals surface area contributed by atoms with Gasteiger partial charge in [-0.15, -0.1) is 0 Å². The van der Waals surface area contributed by atoms with E-state index in [1.165, 1.54) is 23.3 Å². The lowest BCUT2D eigenvalue weighted by Gasteiger charge is -2.18. The smallest absolute Gasteiger partial charge is 0.356 e. The second kappa shape index (κ2) is 7.21. The first-order chi connectivity index (χ1) is 11.2. The molecular weight excluding hydrogens is 333 g/mol. The van der Waals surface area contributed by atoms with Crippen molar-refractivity contribution in [1.29, 1.82) is 0 Å². The Morgan fingerprint density at radius 3 is 2.17 bits per heavy atom. The lowest BCUT2D eigenvalue weighted by atomic mass is 10.0. The molecule has 0 heterocycles. The summed E-state index contributed by atoms with van der Waals surface area (Å²) in [4.78, 5) is 0. The standard InChI is InChI=1S/C18H19F3N2S/c1-11-4-5-14(10-12(11)2)13(3)22-17(24)23-16-8-6-15(7-9-16)18(19,20)21/h4-10,13H,1-3H3,(H2,22,23,24)/t13-/m0/s1. The molecule has 2 aromatic rings. The topological polar surface area (TPSA) is 24.1 Å². The Balaban J connectivity index is 1.98. The number of hydrogen-bond acceptors (Lipinski definition) is 1. The van der Waals surface area contributed by atoms with Crippen LogP contribution in [0, 0.1) is 13.8 Å². The van der Waals surface area contributed by atoms with Gasteiger partial charge in [0.05, 0.1) is 11.6 Å². The number of nitrogens with one attached hydrogen (secondary N) is 2. The molecule has 0 aromatic heterocycles. The quantitative estimate of drug-likeness (QED) is 0.726.